The maximum atomic E-state index is 11.8. The fourth-order valence-corrected chi connectivity index (χ4v) is 4.00. The van der Waals surface area contributed by atoms with Gasteiger partial charge in [0, 0.05) is 38.6 Å². The van der Waals surface area contributed by atoms with E-state index in [1.165, 1.54) is 6.26 Å². The largest absolute Gasteiger partial charge is 0.375 e. The number of rotatable bonds is 3. The van der Waals surface area contributed by atoms with E-state index in [9.17, 15) is 8.42 Å². The van der Waals surface area contributed by atoms with Crippen LogP contribution in [0, 0.1) is 0 Å². The summed E-state index contributed by atoms with van der Waals surface area (Å²) in [5.74, 6) is 0. The molecule has 3 rings (SSSR count). The van der Waals surface area contributed by atoms with E-state index in [2.05, 4.69) is 16.0 Å². The molecule has 0 aliphatic carbocycles. The van der Waals surface area contributed by atoms with Crippen molar-refractivity contribution in [2.45, 2.75) is 25.1 Å². The summed E-state index contributed by atoms with van der Waals surface area (Å²) < 4.78 is 31.0. The van der Waals surface area contributed by atoms with Crippen molar-refractivity contribution < 1.29 is 13.2 Å². The highest BCUT2D eigenvalue weighted by Crippen LogP contribution is 2.25. The molecule has 2 aliphatic rings. The first-order valence-electron chi connectivity index (χ1n) is 7.24. The Morgan fingerprint density at radius 3 is 3.00 bits per heavy atom. The summed E-state index contributed by atoms with van der Waals surface area (Å²) >= 11 is 0. The number of hydrogen-bond acceptors (Lipinski definition) is 5. The van der Waals surface area contributed by atoms with Crippen LogP contribution in [0.2, 0.25) is 0 Å². The molecule has 0 radical (unpaired) electrons. The number of morpholine rings is 1. The molecule has 0 amide bonds. The Morgan fingerprint density at radius 1 is 1.43 bits per heavy atom. The molecular weight excluding hydrogens is 290 g/mol. The molecular formula is C14H21N3O3S. The average Bonchev–Trinajstić information content (AvgIpc) is 2.47. The van der Waals surface area contributed by atoms with Crippen LogP contribution in [-0.2, 0) is 21.3 Å². The minimum atomic E-state index is -3.13. The molecule has 2 saturated heterocycles. The lowest BCUT2D eigenvalue weighted by Crippen LogP contribution is -2.60. The Labute approximate surface area is 125 Å². The summed E-state index contributed by atoms with van der Waals surface area (Å²) in [4.78, 5) is 6.47. The van der Waals surface area contributed by atoms with Gasteiger partial charge in [-0.2, -0.15) is 0 Å². The molecule has 6 nitrogen and oxygen atoms in total. The number of nitrogens with zero attached hydrogens (tertiary/aromatic N) is 3. The van der Waals surface area contributed by atoms with E-state index in [0.29, 0.717) is 19.7 Å². The molecule has 2 atom stereocenters. The van der Waals surface area contributed by atoms with E-state index in [0.717, 1.165) is 25.1 Å². The first kappa shape index (κ1) is 14.9. The Hall–Kier alpha value is -1.02. The molecule has 1 aromatic heterocycles. The van der Waals surface area contributed by atoms with E-state index in [1.54, 1.807) is 10.5 Å². The third-order valence-corrected chi connectivity index (χ3v) is 5.51. The van der Waals surface area contributed by atoms with Crippen molar-refractivity contribution in [3.63, 3.8) is 0 Å². The average molecular weight is 311 g/mol. The predicted octanol–water partition coefficient (Wildman–Crippen LogP) is 0.316. The maximum absolute atomic E-state index is 11.8. The Bertz CT molecular complexity index is 578. The molecule has 0 bridgehead atoms. The highest BCUT2D eigenvalue weighted by Gasteiger charge is 2.39. The van der Waals surface area contributed by atoms with Crippen molar-refractivity contribution in [2.24, 2.45) is 0 Å². The van der Waals surface area contributed by atoms with Crippen LogP contribution in [0.3, 0.4) is 0 Å². The van der Waals surface area contributed by atoms with Crippen LogP contribution >= 0.6 is 0 Å². The van der Waals surface area contributed by atoms with Gasteiger partial charge in [0.25, 0.3) is 0 Å². The molecule has 21 heavy (non-hydrogen) atoms. The quantitative estimate of drug-likeness (QED) is 0.804. The van der Waals surface area contributed by atoms with Gasteiger partial charge in [-0.25, -0.2) is 12.7 Å². The lowest BCUT2D eigenvalue weighted by atomic mass is 10.00. The minimum Gasteiger partial charge on any atom is -0.375 e. The zero-order valence-electron chi connectivity index (χ0n) is 12.2. The van der Waals surface area contributed by atoms with Crippen molar-refractivity contribution in [2.75, 3.05) is 32.5 Å². The zero-order valence-corrected chi connectivity index (χ0v) is 13.0. The van der Waals surface area contributed by atoms with Crippen LogP contribution in [0.5, 0.6) is 0 Å². The molecule has 0 unspecified atom stereocenters. The smallest absolute Gasteiger partial charge is 0.211 e. The van der Waals surface area contributed by atoms with E-state index in [4.69, 9.17) is 4.74 Å². The summed E-state index contributed by atoms with van der Waals surface area (Å²) in [7, 11) is -3.13. The number of ether oxygens (including phenoxy) is 1. The van der Waals surface area contributed by atoms with E-state index in [-0.39, 0.29) is 12.1 Å². The second kappa shape index (κ2) is 6.00. The third kappa shape index (κ3) is 3.42. The van der Waals surface area contributed by atoms with Crippen LogP contribution in [-0.4, -0.2) is 67.2 Å². The number of fused-ring (bicyclic) bond motifs is 1. The van der Waals surface area contributed by atoms with Crippen LogP contribution in [0.25, 0.3) is 0 Å². The first-order chi connectivity index (χ1) is 10.0. The van der Waals surface area contributed by atoms with Crippen molar-refractivity contribution >= 4 is 10.0 Å². The summed E-state index contributed by atoms with van der Waals surface area (Å²) in [6, 6.07) is 4.10. The van der Waals surface area contributed by atoms with Gasteiger partial charge in [0.1, 0.15) is 0 Å². The molecule has 0 aromatic carbocycles. The first-order valence-corrected chi connectivity index (χ1v) is 9.08. The summed E-state index contributed by atoms with van der Waals surface area (Å²) in [5, 5.41) is 0. The van der Waals surface area contributed by atoms with Crippen molar-refractivity contribution in [1.29, 1.82) is 0 Å². The second-order valence-electron chi connectivity index (χ2n) is 5.72. The highest BCUT2D eigenvalue weighted by atomic mass is 32.2. The Morgan fingerprint density at radius 2 is 2.29 bits per heavy atom. The van der Waals surface area contributed by atoms with Crippen LogP contribution in [0.4, 0.5) is 0 Å². The number of aromatic nitrogens is 1. The minimum absolute atomic E-state index is 0.127. The fraction of sp³-hybridized carbons (Fsp3) is 0.643. The molecule has 7 heteroatoms. The summed E-state index contributed by atoms with van der Waals surface area (Å²) in [6.45, 7) is 3.40. The van der Waals surface area contributed by atoms with Gasteiger partial charge in [0.05, 0.1) is 25.0 Å². The van der Waals surface area contributed by atoms with Gasteiger partial charge in [0.2, 0.25) is 10.0 Å². The van der Waals surface area contributed by atoms with Gasteiger partial charge in [0.15, 0.2) is 0 Å². The fourth-order valence-electron chi connectivity index (χ4n) is 3.14. The number of piperidine rings is 1. The van der Waals surface area contributed by atoms with E-state index in [1.807, 2.05) is 12.3 Å². The van der Waals surface area contributed by atoms with Crippen molar-refractivity contribution in [3.05, 3.63) is 30.1 Å². The van der Waals surface area contributed by atoms with Gasteiger partial charge in [-0.1, -0.05) is 6.07 Å². The highest BCUT2D eigenvalue weighted by molar-refractivity contribution is 7.88. The van der Waals surface area contributed by atoms with Gasteiger partial charge in [-0.3, -0.25) is 9.88 Å². The monoisotopic (exact) mass is 311 g/mol. The molecule has 3 heterocycles. The Balaban J connectivity index is 1.74. The SMILES string of the molecule is CS(=O)(=O)N1CC[C@H]2OCCN(Cc3cccnc3)[C@@H]2C1. The molecule has 2 fully saturated rings. The second-order valence-corrected chi connectivity index (χ2v) is 7.70. The molecule has 0 N–H and O–H groups in total. The lowest BCUT2D eigenvalue weighted by Gasteiger charge is -2.46. The summed E-state index contributed by atoms with van der Waals surface area (Å²) in [5.41, 5.74) is 1.15. The number of pyridine rings is 1. The molecule has 0 spiro atoms. The van der Waals surface area contributed by atoms with Gasteiger partial charge < -0.3 is 4.74 Å². The molecule has 2 aliphatic heterocycles. The van der Waals surface area contributed by atoms with Crippen molar-refractivity contribution in [1.82, 2.24) is 14.2 Å². The normalized spacial score (nSPS) is 28.2. The van der Waals surface area contributed by atoms with Crippen LogP contribution < -0.4 is 0 Å². The standard InChI is InChI=1S/C14H21N3O3S/c1-21(18,19)17-6-4-14-13(11-17)16(7-8-20-14)10-12-3-2-5-15-9-12/h2-3,5,9,13-14H,4,6-8,10-11H2,1H3/t13-,14-/m1/s1. The zero-order chi connectivity index (χ0) is 14.9. The lowest BCUT2D eigenvalue weighted by molar-refractivity contribution is -0.0958. The number of sulfonamides is 1. The molecule has 116 valence electrons. The van der Waals surface area contributed by atoms with E-state index < -0.39 is 10.0 Å². The molecule has 0 saturated carbocycles. The van der Waals surface area contributed by atoms with Gasteiger partial charge in [-0.05, 0) is 18.1 Å². The summed E-state index contributed by atoms with van der Waals surface area (Å²) in [6.07, 6.45) is 5.80. The predicted molar refractivity (Wildman–Crippen MR) is 79.2 cm³/mol. The van der Waals surface area contributed by atoms with E-state index >= 15 is 0 Å². The maximum Gasteiger partial charge on any atom is 0.211 e. The number of hydrogen-bond donors (Lipinski definition) is 0. The van der Waals surface area contributed by atoms with Crippen molar-refractivity contribution in [3.8, 4) is 0 Å². The van der Waals surface area contributed by atoms with Gasteiger partial charge in [-0.15, -0.1) is 0 Å². The van der Waals surface area contributed by atoms with Crippen LogP contribution in [0.15, 0.2) is 24.5 Å². The topological polar surface area (TPSA) is 62.7 Å². The van der Waals surface area contributed by atoms with Crippen LogP contribution in [0.1, 0.15) is 12.0 Å². The molecule has 1 aromatic rings. The Kier molecular flexibility index (Phi) is 4.26. The third-order valence-electron chi connectivity index (χ3n) is 4.24. The van der Waals surface area contributed by atoms with Gasteiger partial charge >= 0.3 is 0 Å².